The van der Waals surface area contributed by atoms with E-state index in [0.29, 0.717) is 0 Å². The van der Waals surface area contributed by atoms with E-state index < -0.39 is 10.8 Å². The molecule has 11 rings (SSSR count). The van der Waals surface area contributed by atoms with Gasteiger partial charge in [-0.1, -0.05) is 188 Å². The van der Waals surface area contributed by atoms with Gasteiger partial charge in [-0.2, -0.15) is 5.10 Å². The minimum Gasteiger partial charge on any atom is -0.278 e. The first-order valence-corrected chi connectivity index (χ1v) is 18.4. The third-order valence-electron chi connectivity index (χ3n) is 11.9. The summed E-state index contributed by atoms with van der Waals surface area (Å²) in [5.41, 5.74) is 22.2. The molecule has 0 unspecified atom stereocenters. The summed E-state index contributed by atoms with van der Waals surface area (Å²) in [7, 11) is 0. The smallest absolute Gasteiger partial charge is 0.0977 e. The maximum atomic E-state index is 5.16. The van der Waals surface area contributed by atoms with E-state index in [1.54, 1.807) is 0 Å². The summed E-state index contributed by atoms with van der Waals surface area (Å²) in [5.74, 6) is 0. The lowest BCUT2D eigenvalue weighted by Crippen LogP contribution is -2.43. The summed E-state index contributed by atoms with van der Waals surface area (Å²) in [6.07, 6.45) is 0. The van der Waals surface area contributed by atoms with Crippen LogP contribution in [0.15, 0.2) is 205 Å². The molecule has 53 heavy (non-hydrogen) atoms. The first-order valence-electron chi connectivity index (χ1n) is 18.4. The molecule has 0 saturated heterocycles. The van der Waals surface area contributed by atoms with Crippen molar-refractivity contribution >= 4 is 11.4 Å². The maximum Gasteiger partial charge on any atom is 0.0977 e. The lowest BCUT2D eigenvalue weighted by Gasteiger charge is -2.49. The van der Waals surface area contributed by atoms with E-state index in [1.807, 2.05) is 12.1 Å². The van der Waals surface area contributed by atoms with Gasteiger partial charge in [0.25, 0.3) is 0 Å². The number of benzene rings is 8. The number of hydrogen-bond acceptors (Lipinski definition) is 2. The van der Waals surface area contributed by atoms with Gasteiger partial charge in [-0.3, -0.25) is 5.43 Å². The van der Waals surface area contributed by atoms with E-state index in [-0.39, 0.29) is 0 Å². The topological polar surface area (TPSA) is 24.4 Å². The summed E-state index contributed by atoms with van der Waals surface area (Å²) in [6.45, 7) is 0. The van der Waals surface area contributed by atoms with Crippen LogP contribution in [-0.4, -0.2) is 5.71 Å². The van der Waals surface area contributed by atoms with E-state index in [0.717, 1.165) is 22.5 Å². The highest BCUT2D eigenvalue weighted by Gasteiger charge is 2.58. The Labute approximate surface area is 309 Å². The normalized spacial score (nSPS) is 14.3. The van der Waals surface area contributed by atoms with Crippen molar-refractivity contribution in [2.45, 2.75) is 10.8 Å². The Hall–Kier alpha value is -6.77. The van der Waals surface area contributed by atoms with E-state index in [9.17, 15) is 0 Å². The summed E-state index contributed by atoms with van der Waals surface area (Å²) in [5, 5.41) is 5.16. The van der Waals surface area contributed by atoms with Crippen molar-refractivity contribution in [2.75, 3.05) is 5.43 Å². The highest BCUT2D eigenvalue weighted by molar-refractivity contribution is 6.13. The van der Waals surface area contributed by atoms with Gasteiger partial charge in [0.05, 0.1) is 22.2 Å². The van der Waals surface area contributed by atoms with Crippen molar-refractivity contribution in [3.8, 4) is 22.3 Å². The number of anilines is 1. The lowest BCUT2D eigenvalue weighted by molar-refractivity contribution is 0.633. The highest BCUT2D eigenvalue weighted by atomic mass is 15.3. The second-order valence-electron chi connectivity index (χ2n) is 14.3. The number of rotatable bonds is 4. The number of hydrazone groups is 1. The molecule has 248 valence electrons. The molecule has 3 aliphatic rings. The van der Waals surface area contributed by atoms with Crippen LogP contribution in [0.1, 0.15) is 55.6 Å². The molecule has 0 bridgehead atoms. The fourth-order valence-electron chi connectivity index (χ4n) is 9.92. The molecule has 0 aromatic heterocycles. The molecular formula is C51H34N2. The van der Waals surface area contributed by atoms with Gasteiger partial charge in [0.15, 0.2) is 0 Å². The molecule has 0 fully saturated rings. The van der Waals surface area contributed by atoms with Crippen LogP contribution >= 0.6 is 0 Å². The quantitative estimate of drug-likeness (QED) is 0.146. The molecule has 2 spiro atoms. The van der Waals surface area contributed by atoms with Crippen LogP contribution in [0.2, 0.25) is 0 Å². The van der Waals surface area contributed by atoms with Crippen LogP contribution < -0.4 is 5.43 Å². The van der Waals surface area contributed by atoms with E-state index in [4.69, 9.17) is 5.10 Å². The van der Waals surface area contributed by atoms with Crippen LogP contribution in [0.4, 0.5) is 5.69 Å². The monoisotopic (exact) mass is 674 g/mol. The van der Waals surface area contributed by atoms with Crippen molar-refractivity contribution < 1.29 is 0 Å². The third kappa shape index (κ3) is 3.95. The largest absolute Gasteiger partial charge is 0.278 e. The van der Waals surface area contributed by atoms with Gasteiger partial charge in [0.2, 0.25) is 0 Å². The molecular weight excluding hydrogens is 641 g/mol. The Kier molecular flexibility index (Phi) is 6.41. The molecule has 2 nitrogen and oxygen atoms in total. The lowest BCUT2D eigenvalue weighted by atomic mass is 9.52. The SMILES string of the molecule is c1ccc(C(=NNc2ccc3c(c2)C2(c4ccccc4-c4ccccc42)c2ccccc2C32c3ccccc3-c3ccccc32)c2ccccc2)cc1. The third-order valence-corrected chi connectivity index (χ3v) is 11.9. The van der Waals surface area contributed by atoms with Crippen LogP contribution in [0, 0.1) is 0 Å². The molecule has 8 aromatic rings. The number of nitrogens with one attached hydrogen (secondary N) is 1. The van der Waals surface area contributed by atoms with Gasteiger partial charge >= 0.3 is 0 Å². The number of fused-ring (bicyclic) bond motifs is 16. The zero-order valence-corrected chi connectivity index (χ0v) is 29.0. The summed E-state index contributed by atoms with van der Waals surface area (Å²) >= 11 is 0. The molecule has 0 radical (unpaired) electrons. The molecule has 0 aliphatic heterocycles. The first-order chi connectivity index (χ1) is 26.3. The Bertz CT molecular complexity index is 2630. The van der Waals surface area contributed by atoms with E-state index >= 15 is 0 Å². The minimum atomic E-state index is -0.542. The standard InChI is InChI=1S/C51H34N2/c1-3-17-34(18-4-1)49(35-19-5-2-6-20-35)53-52-36-31-32-47-48(33-36)51(43-27-13-9-23-39(43)40-24-10-14-28-44(40)51)46-30-16-15-29-45(46)50(47)41-25-11-7-21-37(41)38-22-8-12-26-42(38)50/h1-33,52H. The average molecular weight is 675 g/mol. The van der Waals surface area contributed by atoms with Gasteiger partial charge in [0, 0.05) is 11.1 Å². The number of hydrogen-bond donors (Lipinski definition) is 1. The van der Waals surface area contributed by atoms with Crippen molar-refractivity contribution in [3.63, 3.8) is 0 Å². The number of nitrogens with zero attached hydrogens (tertiary/aromatic N) is 1. The van der Waals surface area contributed by atoms with Crippen LogP contribution in [0.3, 0.4) is 0 Å². The zero-order chi connectivity index (χ0) is 35.0. The molecule has 1 N–H and O–H groups in total. The summed E-state index contributed by atoms with van der Waals surface area (Å²) in [4.78, 5) is 0. The van der Waals surface area contributed by atoms with Crippen LogP contribution in [0.5, 0.6) is 0 Å². The second kappa shape index (κ2) is 11.4. The van der Waals surface area contributed by atoms with E-state index in [1.165, 1.54) is 66.8 Å². The molecule has 3 aliphatic carbocycles. The highest BCUT2D eigenvalue weighted by Crippen LogP contribution is 2.67. The zero-order valence-electron chi connectivity index (χ0n) is 29.0. The molecule has 8 aromatic carbocycles. The Balaban J connectivity index is 1.24. The van der Waals surface area contributed by atoms with Gasteiger partial charge in [0.1, 0.15) is 0 Å². The molecule has 0 saturated carbocycles. The fraction of sp³-hybridized carbons (Fsp3) is 0.0392. The first kappa shape index (κ1) is 29.9. The predicted molar refractivity (Wildman–Crippen MR) is 217 cm³/mol. The van der Waals surface area contributed by atoms with Crippen LogP contribution in [0.25, 0.3) is 22.3 Å². The Morgan fingerprint density at radius 2 is 0.660 bits per heavy atom. The summed E-state index contributed by atoms with van der Waals surface area (Å²) < 4.78 is 0. The van der Waals surface area contributed by atoms with Crippen molar-refractivity contribution in [2.24, 2.45) is 5.10 Å². The van der Waals surface area contributed by atoms with Crippen molar-refractivity contribution in [1.82, 2.24) is 0 Å². The van der Waals surface area contributed by atoms with Crippen molar-refractivity contribution in [3.05, 3.63) is 256 Å². The van der Waals surface area contributed by atoms with E-state index in [2.05, 4.69) is 193 Å². The Morgan fingerprint density at radius 3 is 1.09 bits per heavy atom. The van der Waals surface area contributed by atoms with Crippen LogP contribution in [-0.2, 0) is 10.8 Å². The average Bonchev–Trinajstić information content (AvgIpc) is 3.70. The molecule has 2 heteroatoms. The minimum absolute atomic E-state index is 0.502. The van der Waals surface area contributed by atoms with Gasteiger partial charge in [-0.25, -0.2) is 0 Å². The summed E-state index contributed by atoms with van der Waals surface area (Å²) in [6, 6.07) is 73.3. The molecule has 0 atom stereocenters. The molecule has 0 heterocycles. The fourth-order valence-corrected chi connectivity index (χ4v) is 9.92. The van der Waals surface area contributed by atoms with Crippen molar-refractivity contribution in [1.29, 1.82) is 0 Å². The van der Waals surface area contributed by atoms with Gasteiger partial charge in [-0.05, 0) is 78.9 Å². The predicted octanol–water partition coefficient (Wildman–Crippen LogP) is 11.6. The Morgan fingerprint density at radius 1 is 0.321 bits per heavy atom. The maximum absolute atomic E-state index is 5.16. The molecule has 0 amide bonds. The second-order valence-corrected chi connectivity index (χ2v) is 14.3. The van der Waals surface area contributed by atoms with Gasteiger partial charge in [-0.15, -0.1) is 0 Å². The van der Waals surface area contributed by atoms with Gasteiger partial charge < -0.3 is 0 Å².